The van der Waals surface area contributed by atoms with Gasteiger partial charge in [0.25, 0.3) is 0 Å². The Hall–Kier alpha value is -0.650. The normalized spacial score (nSPS) is 23.8. The summed E-state index contributed by atoms with van der Waals surface area (Å²) in [6.45, 7) is 4.77. The molecule has 3 N–H and O–H groups in total. The number of nitrogens with zero attached hydrogens (tertiary/aromatic N) is 1. The molecule has 0 aliphatic carbocycles. The third kappa shape index (κ3) is 2.95. The molecule has 0 saturated carbocycles. The highest BCUT2D eigenvalue weighted by Crippen LogP contribution is 2.05. The molecular formula is C8H16N2O3. The second-order valence-electron chi connectivity index (χ2n) is 3.61. The number of hydrogen-bond donors (Lipinski definition) is 2. The van der Waals surface area contributed by atoms with Gasteiger partial charge in [0.1, 0.15) is 5.54 Å². The highest BCUT2D eigenvalue weighted by Gasteiger charge is 2.30. The van der Waals surface area contributed by atoms with Crippen molar-refractivity contribution in [2.45, 2.75) is 12.5 Å². The average Bonchev–Trinajstić information content (AvgIpc) is 2.05. The molecule has 1 atom stereocenters. The van der Waals surface area contributed by atoms with Gasteiger partial charge in [0.05, 0.1) is 13.2 Å². The molecular weight excluding hydrogens is 172 g/mol. The summed E-state index contributed by atoms with van der Waals surface area (Å²) < 4.78 is 5.14. The molecule has 0 spiro atoms. The van der Waals surface area contributed by atoms with E-state index in [1.165, 1.54) is 6.92 Å². The minimum Gasteiger partial charge on any atom is -0.480 e. The van der Waals surface area contributed by atoms with Gasteiger partial charge >= 0.3 is 5.97 Å². The molecule has 0 aromatic rings. The van der Waals surface area contributed by atoms with Crippen molar-refractivity contribution in [1.82, 2.24) is 4.90 Å². The summed E-state index contributed by atoms with van der Waals surface area (Å²) >= 11 is 0. The lowest BCUT2D eigenvalue weighted by molar-refractivity contribution is -0.143. The van der Waals surface area contributed by atoms with Gasteiger partial charge in [-0.1, -0.05) is 0 Å². The Labute approximate surface area is 77.5 Å². The van der Waals surface area contributed by atoms with Gasteiger partial charge < -0.3 is 15.6 Å². The average molecular weight is 188 g/mol. The molecule has 1 saturated heterocycles. The van der Waals surface area contributed by atoms with Gasteiger partial charge in [0, 0.05) is 19.6 Å². The maximum Gasteiger partial charge on any atom is 0.324 e. The predicted octanol–water partition coefficient (Wildman–Crippen LogP) is -0.879. The maximum atomic E-state index is 10.7. The Morgan fingerprint density at radius 3 is 2.62 bits per heavy atom. The van der Waals surface area contributed by atoms with E-state index in [1.807, 2.05) is 4.90 Å². The largest absolute Gasteiger partial charge is 0.480 e. The van der Waals surface area contributed by atoms with E-state index >= 15 is 0 Å². The lowest BCUT2D eigenvalue weighted by Gasteiger charge is -2.32. The summed E-state index contributed by atoms with van der Waals surface area (Å²) in [5.41, 5.74) is 4.45. The molecule has 0 amide bonds. The van der Waals surface area contributed by atoms with Crippen LogP contribution in [0, 0.1) is 0 Å². The molecule has 76 valence electrons. The van der Waals surface area contributed by atoms with Crippen LogP contribution in [0.25, 0.3) is 0 Å². The van der Waals surface area contributed by atoms with Gasteiger partial charge in [-0.15, -0.1) is 0 Å². The first-order valence-electron chi connectivity index (χ1n) is 4.35. The van der Waals surface area contributed by atoms with Gasteiger partial charge in [0.15, 0.2) is 0 Å². The van der Waals surface area contributed by atoms with Crippen molar-refractivity contribution in [2.75, 3.05) is 32.8 Å². The maximum absolute atomic E-state index is 10.7. The van der Waals surface area contributed by atoms with E-state index in [0.717, 1.165) is 13.1 Å². The number of morpholine rings is 1. The zero-order valence-corrected chi connectivity index (χ0v) is 7.82. The summed E-state index contributed by atoms with van der Waals surface area (Å²) in [5.74, 6) is -0.959. The van der Waals surface area contributed by atoms with E-state index in [-0.39, 0.29) is 0 Å². The van der Waals surface area contributed by atoms with Crippen LogP contribution in [0.4, 0.5) is 0 Å². The minimum atomic E-state index is -1.16. The molecule has 5 heteroatoms. The second kappa shape index (κ2) is 4.04. The molecule has 0 aromatic carbocycles. The van der Waals surface area contributed by atoms with Crippen LogP contribution in [0.3, 0.4) is 0 Å². The molecule has 0 radical (unpaired) electrons. The van der Waals surface area contributed by atoms with Gasteiger partial charge in [-0.2, -0.15) is 0 Å². The number of nitrogens with two attached hydrogens (primary N) is 1. The molecule has 1 fully saturated rings. The number of carbonyl (C=O) groups is 1. The summed E-state index contributed by atoms with van der Waals surface area (Å²) in [4.78, 5) is 12.7. The number of rotatable bonds is 3. The third-order valence-electron chi connectivity index (χ3n) is 2.14. The van der Waals surface area contributed by atoms with Crippen molar-refractivity contribution < 1.29 is 14.6 Å². The number of ether oxygens (including phenoxy) is 1. The lowest BCUT2D eigenvalue weighted by Crippen LogP contribution is -2.55. The molecule has 0 bridgehead atoms. The molecule has 1 aliphatic rings. The fraction of sp³-hybridized carbons (Fsp3) is 0.875. The molecule has 0 aromatic heterocycles. The van der Waals surface area contributed by atoms with Crippen molar-refractivity contribution in [3.8, 4) is 0 Å². The lowest BCUT2D eigenvalue weighted by atomic mass is 10.0. The number of carboxylic acid groups (broad SMARTS) is 1. The fourth-order valence-electron chi connectivity index (χ4n) is 1.29. The zero-order chi connectivity index (χ0) is 9.90. The SMILES string of the molecule is CC(N)(CN1CCOCC1)C(=O)O. The highest BCUT2D eigenvalue weighted by atomic mass is 16.5. The first-order valence-corrected chi connectivity index (χ1v) is 4.35. The summed E-state index contributed by atoms with van der Waals surface area (Å²) in [5, 5.41) is 8.79. The molecule has 13 heavy (non-hydrogen) atoms. The number of hydrogen-bond acceptors (Lipinski definition) is 4. The van der Waals surface area contributed by atoms with E-state index < -0.39 is 11.5 Å². The van der Waals surface area contributed by atoms with Gasteiger partial charge in [0.2, 0.25) is 0 Å². The van der Waals surface area contributed by atoms with Crippen molar-refractivity contribution in [3.63, 3.8) is 0 Å². The van der Waals surface area contributed by atoms with E-state index in [0.29, 0.717) is 19.8 Å². The van der Waals surface area contributed by atoms with Crippen LogP contribution in [-0.4, -0.2) is 54.4 Å². The van der Waals surface area contributed by atoms with Crippen LogP contribution in [0.2, 0.25) is 0 Å². The number of carboxylic acids is 1. The Morgan fingerprint density at radius 1 is 1.62 bits per heavy atom. The zero-order valence-electron chi connectivity index (χ0n) is 7.82. The quantitative estimate of drug-likeness (QED) is 0.601. The second-order valence-corrected chi connectivity index (χ2v) is 3.61. The van der Waals surface area contributed by atoms with Crippen LogP contribution in [0.1, 0.15) is 6.92 Å². The van der Waals surface area contributed by atoms with Crippen molar-refractivity contribution in [1.29, 1.82) is 0 Å². The van der Waals surface area contributed by atoms with E-state index in [2.05, 4.69) is 0 Å². The van der Waals surface area contributed by atoms with Crippen LogP contribution in [0.15, 0.2) is 0 Å². The minimum absolute atomic E-state index is 0.381. The Morgan fingerprint density at radius 2 is 2.15 bits per heavy atom. The topological polar surface area (TPSA) is 75.8 Å². The van der Waals surface area contributed by atoms with Crippen molar-refractivity contribution >= 4 is 5.97 Å². The fourth-order valence-corrected chi connectivity index (χ4v) is 1.29. The van der Waals surface area contributed by atoms with Crippen LogP contribution in [-0.2, 0) is 9.53 Å². The van der Waals surface area contributed by atoms with Gasteiger partial charge in [-0.25, -0.2) is 0 Å². The summed E-state index contributed by atoms with van der Waals surface area (Å²) in [6, 6.07) is 0. The van der Waals surface area contributed by atoms with Crippen LogP contribution < -0.4 is 5.73 Å². The Balaban J connectivity index is 2.41. The standard InChI is InChI=1S/C8H16N2O3/c1-8(9,7(11)12)6-10-2-4-13-5-3-10/h2-6,9H2,1H3,(H,11,12). The first kappa shape index (κ1) is 10.4. The molecule has 5 nitrogen and oxygen atoms in total. The van der Waals surface area contributed by atoms with Crippen LogP contribution in [0.5, 0.6) is 0 Å². The third-order valence-corrected chi connectivity index (χ3v) is 2.14. The monoisotopic (exact) mass is 188 g/mol. The Bertz CT molecular complexity index is 188. The molecule has 1 aliphatic heterocycles. The van der Waals surface area contributed by atoms with Gasteiger partial charge in [-0.3, -0.25) is 9.69 Å². The van der Waals surface area contributed by atoms with E-state index in [9.17, 15) is 4.79 Å². The summed E-state index contributed by atoms with van der Waals surface area (Å²) in [7, 11) is 0. The summed E-state index contributed by atoms with van der Waals surface area (Å²) in [6.07, 6.45) is 0. The molecule has 1 heterocycles. The highest BCUT2D eigenvalue weighted by molar-refractivity contribution is 5.78. The van der Waals surface area contributed by atoms with Gasteiger partial charge in [-0.05, 0) is 6.92 Å². The van der Waals surface area contributed by atoms with E-state index in [1.54, 1.807) is 0 Å². The predicted molar refractivity (Wildman–Crippen MR) is 47.5 cm³/mol. The molecule has 1 unspecified atom stereocenters. The van der Waals surface area contributed by atoms with Crippen molar-refractivity contribution in [3.05, 3.63) is 0 Å². The smallest absolute Gasteiger partial charge is 0.324 e. The number of aliphatic carboxylic acids is 1. The van der Waals surface area contributed by atoms with Crippen molar-refractivity contribution in [2.24, 2.45) is 5.73 Å². The molecule has 1 rings (SSSR count). The first-order chi connectivity index (χ1) is 6.02. The van der Waals surface area contributed by atoms with Crippen LogP contribution >= 0.6 is 0 Å². The Kier molecular flexibility index (Phi) is 3.24. The van der Waals surface area contributed by atoms with E-state index in [4.69, 9.17) is 15.6 Å².